The van der Waals surface area contributed by atoms with E-state index in [0.29, 0.717) is 0 Å². The number of hydrogen-bond donors (Lipinski definition) is 0. The largest absolute Gasteiger partial charge is 0.468 e. The lowest BCUT2D eigenvalue weighted by molar-refractivity contribution is -0.225. The van der Waals surface area contributed by atoms with Gasteiger partial charge >= 0.3 is 5.97 Å². The Balaban J connectivity index is 1.85. The fourth-order valence-corrected chi connectivity index (χ4v) is 5.03. The molecule has 3 aliphatic rings. The number of ether oxygens (including phenoxy) is 1. The molecule has 1 heterocycles. The number of alkyl halides is 1. The van der Waals surface area contributed by atoms with Crippen molar-refractivity contribution in [2.75, 3.05) is 14.2 Å². The van der Waals surface area contributed by atoms with Crippen LogP contribution < -0.4 is 0 Å². The molecule has 2 aliphatic carbocycles. The highest BCUT2D eigenvalue weighted by molar-refractivity contribution is 6.27. The van der Waals surface area contributed by atoms with Gasteiger partial charge in [0, 0.05) is 12.5 Å². The van der Waals surface area contributed by atoms with Crippen LogP contribution in [0.3, 0.4) is 0 Å². The highest BCUT2D eigenvalue weighted by Crippen LogP contribution is 2.83. The van der Waals surface area contributed by atoms with Crippen molar-refractivity contribution in [2.45, 2.75) is 30.4 Å². The number of halogens is 1. The predicted molar refractivity (Wildman–Crippen MR) is 77.3 cm³/mol. The molecule has 112 valence electrons. The second-order valence-electron chi connectivity index (χ2n) is 6.47. The number of benzene rings is 1. The Morgan fingerprint density at radius 3 is 2.62 bits per heavy atom. The van der Waals surface area contributed by atoms with E-state index in [1.54, 1.807) is 5.06 Å². The van der Waals surface area contributed by atoms with Gasteiger partial charge in [0.15, 0.2) is 5.06 Å². The monoisotopic (exact) mass is 307 g/mol. The van der Waals surface area contributed by atoms with Crippen LogP contribution in [0.1, 0.15) is 30.9 Å². The molecule has 1 saturated heterocycles. The third kappa shape index (κ3) is 1.36. The lowest BCUT2D eigenvalue weighted by Gasteiger charge is -2.55. The van der Waals surface area contributed by atoms with Gasteiger partial charge in [-0.15, -0.1) is 0 Å². The summed E-state index contributed by atoms with van der Waals surface area (Å²) in [4.78, 5) is 18.7. The topological polar surface area (TPSA) is 38.8 Å². The fraction of sp³-hybridized carbons (Fsp3) is 0.562. The number of carbonyl (C=O) groups excluding carboxylic acids is 1. The van der Waals surface area contributed by atoms with Crippen LogP contribution in [0, 0.1) is 10.8 Å². The summed E-state index contributed by atoms with van der Waals surface area (Å²) in [5, 5.41) is 0.772. The van der Waals surface area contributed by atoms with Gasteiger partial charge in [0.1, 0.15) is 5.41 Å². The number of esters is 1. The maximum absolute atomic E-state index is 12.6. The van der Waals surface area contributed by atoms with Gasteiger partial charge in [-0.25, -0.2) is 0 Å². The van der Waals surface area contributed by atoms with Gasteiger partial charge < -0.3 is 4.74 Å². The van der Waals surface area contributed by atoms with Crippen molar-refractivity contribution in [3.05, 3.63) is 35.9 Å². The fourth-order valence-electron chi connectivity index (χ4n) is 4.42. The molecule has 3 atom stereocenters. The first-order valence-electron chi connectivity index (χ1n) is 7.25. The molecule has 1 spiro atoms. The molecule has 5 heteroatoms. The Hall–Kier alpha value is -1.10. The van der Waals surface area contributed by atoms with E-state index in [-0.39, 0.29) is 17.4 Å². The van der Waals surface area contributed by atoms with Crippen molar-refractivity contribution >= 4 is 17.6 Å². The summed E-state index contributed by atoms with van der Waals surface area (Å²) in [5.41, 5.74) is 0.152. The molecule has 4 rings (SSSR count). The molecule has 1 aromatic rings. The lowest BCUT2D eigenvalue weighted by atomic mass is 9.52. The quantitative estimate of drug-likeness (QED) is 0.622. The van der Waals surface area contributed by atoms with E-state index in [1.807, 2.05) is 37.4 Å². The zero-order chi connectivity index (χ0) is 14.9. The van der Waals surface area contributed by atoms with E-state index < -0.39 is 10.5 Å². The van der Waals surface area contributed by atoms with E-state index in [1.165, 1.54) is 7.11 Å². The van der Waals surface area contributed by atoms with Crippen molar-refractivity contribution in [3.63, 3.8) is 0 Å². The minimum atomic E-state index is -0.970. The highest BCUT2D eigenvalue weighted by atomic mass is 35.5. The van der Waals surface area contributed by atoms with Crippen molar-refractivity contribution in [1.29, 1.82) is 0 Å². The number of carbonyl (C=O) groups is 1. The molecule has 0 amide bonds. The molecule has 1 aromatic carbocycles. The molecule has 2 saturated carbocycles. The van der Waals surface area contributed by atoms with Crippen molar-refractivity contribution in [2.24, 2.45) is 10.8 Å². The van der Waals surface area contributed by atoms with Crippen LogP contribution in [0.2, 0.25) is 0 Å². The summed E-state index contributed by atoms with van der Waals surface area (Å²) >= 11 is 6.86. The van der Waals surface area contributed by atoms with Gasteiger partial charge in [0.2, 0.25) is 0 Å². The van der Waals surface area contributed by atoms with Crippen molar-refractivity contribution < 1.29 is 14.4 Å². The lowest BCUT2D eigenvalue weighted by Crippen LogP contribution is -2.65. The maximum Gasteiger partial charge on any atom is 0.318 e. The number of rotatable bonds is 2. The second-order valence-corrected chi connectivity index (χ2v) is 7.00. The van der Waals surface area contributed by atoms with Crippen LogP contribution >= 0.6 is 11.6 Å². The summed E-state index contributed by atoms with van der Waals surface area (Å²) < 4.78 is 5.12. The predicted octanol–water partition coefficient (Wildman–Crippen LogP) is 2.88. The molecule has 0 unspecified atom stereocenters. The van der Waals surface area contributed by atoms with E-state index in [0.717, 1.165) is 24.8 Å². The number of fused-ring (bicyclic) bond motifs is 2. The standard InChI is InChI=1S/C16H18ClNO3/c1-18-12(11-6-4-3-5-7-11)15(13(19)20-2)10-14(8-9-14)16(15,17)21-18/h3-7,12H,8-10H2,1-2H3/t12-,15+,16+/m0/s1. The smallest absolute Gasteiger partial charge is 0.318 e. The Kier molecular flexibility index (Phi) is 2.58. The van der Waals surface area contributed by atoms with Gasteiger partial charge in [-0.05, 0) is 24.8 Å². The van der Waals surface area contributed by atoms with E-state index in [9.17, 15) is 4.79 Å². The Labute approximate surface area is 128 Å². The minimum Gasteiger partial charge on any atom is -0.468 e. The average molecular weight is 308 g/mol. The van der Waals surface area contributed by atoms with Crippen LogP contribution in [0.5, 0.6) is 0 Å². The molecule has 0 radical (unpaired) electrons. The van der Waals surface area contributed by atoms with Crippen LogP contribution in [0.4, 0.5) is 0 Å². The molecular weight excluding hydrogens is 290 g/mol. The third-order valence-electron chi connectivity index (χ3n) is 5.49. The SMILES string of the molecule is COC(=O)[C@]12CC3(CC3)[C@@]1(Cl)ON(C)[C@H]2c1ccccc1. The summed E-state index contributed by atoms with van der Waals surface area (Å²) in [6.45, 7) is 0. The first kappa shape index (κ1) is 13.6. The maximum atomic E-state index is 12.6. The third-order valence-corrected chi connectivity index (χ3v) is 6.30. The Bertz CT molecular complexity index is 603. The molecule has 0 N–H and O–H groups in total. The van der Waals surface area contributed by atoms with Gasteiger partial charge in [0.25, 0.3) is 0 Å². The molecule has 1 aliphatic heterocycles. The van der Waals surface area contributed by atoms with E-state index in [2.05, 4.69) is 0 Å². The highest BCUT2D eigenvalue weighted by Gasteiger charge is 2.88. The van der Waals surface area contributed by atoms with Crippen LogP contribution in [0.15, 0.2) is 30.3 Å². The van der Waals surface area contributed by atoms with Gasteiger partial charge in [-0.1, -0.05) is 41.9 Å². The van der Waals surface area contributed by atoms with Crippen LogP contribution in [0.25, 0.3) is 0 Å². The summed E-state index contributed by atoms with van der Waals surface area (Å²) in [7, 11) is 3.27. The van der Waals surface area contributed by atoms with Gasteiger partial charge in [-0.2, -0.15) is 5.06 Å². The molecule has 4 nitrogen and oxygen atoms in total. The average Bonchev–Trinajstić information content (AvgIpc) is 3.26. The Morgan fingerprint density at radius 2 is 2.05 bits per heavy atom. The summed E-state index contributed by atoms with van der Waals surface area (Å²) in [5.74, 6) is -0.270. The van der Waals surface area contributed by atoms with Crippen molar-refractivity contribution in [1.82, 2.24) is 5.06 Å². The number of hydroxylamine groups is 2. The van der Waals surface area contributed by atoms with E-state index in [4.69, 9.17) is 21.2 Å². The van der Waals surface area contributed by atoms with Crippen LogP contribution in [-0.4, -0.2) is 30.3 Å². The molecule has 21 heavy (non-hydrogen) atoms. The molecular formula is C16H18ClNO3. The zero-order valence-corrected chi connectivity index (χ0v) is 12.9. The van der Waals surface area contributed by atoms with Crippen LogP contribution in [-0.2, 0) is 14.4 Å². The Morgan fingerprint density at radius 1 is 1.38 bits per heavy atom. The zero-order valence-electron chi connectivity index (χ0n) is 12.1. The van der Waals surface area contributed by atoms with E-state index >= 15 is 0 Å². The molecule has 3 fully saturated rings. The van der Waals surface area contributed by atoms with Crippen molar-refractivity contribution in [3.8, 4) is 0 Å². The number of nitrogens with zero attached hydrogens (tertiary/aromatic N) is 1. The van der Waals surface area contributed by atoms with Gasteiger partial charge in [0.05, 0.1) is 13.2 Å². The van der Waals surface area contributed by atoms with Gasteiger partial charge in [-0.3, -0.25) is 9.63 Å². The normalized spacial score (nSPS) is 39.7. The minimum absolute atomic E-state index is 0.0550. The first-order chi connectivity index (χ1) is 10.0. The number of hydrogen-bond acceptors (Lipinski definition) is 4. The number of methoxy groups -OCH3 is 1. The second kappa shape index (κ2) is 4.00. The molecule has 0 aromatic heterocycles. The molecule has 0 bridgehead atoms. The first-order valence-corrected chi connectivity index (χ1v) is 7.63. The summed E-state index contributed by atoms with van der Waals surface area (Å²) in [6.07, 6.45) is 2.77. The summed E-state index contributed by atoms with van der Waals surface area (Å²) in [6, 6.07) is 9.70.